The number of nitrogens with one attached hydrogen (secondary N) is 1. The molecule has 18 heavy (non-hydrogen) atoms. The Morgan fingerprint density at radius 3 is 2.78 bits per heavy atom. The Morgan fingerprint density at radius 2 is 2.06 bits per heavy atom. The molecule has 0 amide bonds. The molecule has 2 aromatic heterocycles. The quantitative estimate of drug-likeness (QED) is 0.796. The Morgan fingerprint density at radius 1 is 1.33 bits per heavy atom. The molecule has 0 saturated carbocycles. The number of fused-ring (bicyclic) bond motifs is 1. The maximum atomic E-state index is 11.4. The maximum Gasteiger partial charge on any atom is 0.150 e. The third-order valence-corrected chi connectivity index (χ3v) is 5.11. The summed E-state index contributed by atoms with van der Waals surface area (Å²) in [5, 5.41) is 0. The molecule has 0 unspecified atom stereocenters. The second-order valence-corrected chi connectivity index (χ2v) is 6.96. The van der Waals surface area contributed by atoms with Crippen LogP contribution >= 0.6 is 0 Å². The Bertz CT molecular complexity index is 678. The molecule has 2 aromatic rings. The Kier molecular flexibility index (Phi) is 2.51. The second-order valence-electron chi connectivity index (χ2n) is 4.66. The minimum absolute atomic E-state index is 0.128. The van der Waals surface area contributed by atoms with E-state index in [1.54, 1.807) is 12.4 Å². The molecule has 3 N–H and O–H groups in total. The van der Waals surface area contributed by atoms with Gasteiger partial charge in [-0.25, -0.2) is 18.4 Å². The van der Waals surface area contributed by atoms with Crippen LogP contribution in [0.5, 0.6) is 0 Å². The number of hydrogen-bond donors (Lipinski definition) is 2. The molecule has 0 aliphatic carbocycles. The van der Waals surface area contributed by atoms with Crippen LogP contribution in [0.4, 0.5) is 5.82 Å². The number of aromatic amines is 1. The fourth-order valence-electron chi connectivity index (χ4n) is 2.44. The molecule has 0 radical (unpaired) electrons. The van der Waals surface area contributed by atoms with E-state index in [1.807, 2.05) is 0 Å². The summed E-state index contributed by atoms with van der Waals surface area (Å²) >= 11 is 0. The molecule has 3 heterocycles. The lowest BCUT2D eigenvalue weighted by molar-refractivity contribution is 0.546. The van der Waals surface area contributed by atoms with E-state index in [2.05, 4.69) is 15.0 Å². The zero-order valence-electron chi connectivity index (χ0n) is 9.76. The zero-order valence-corrected chi connectivity index (χ0v) is 10.6. The van der Waals surface area contributed by atoms with Gasteiger partial charge in [-0.1, -0.05) is 0 Å². The number of pyridine rings is 1. The molecule has 6 nitrogen and oxygen atoms in total. The van der Waals surface area contributed by atoms with Crippen LogP contribution in [-0.2, 0) is 9.84 Å². The number of rotatable bonds is 1. The van der Waals surface area contributed by atoms with Crippen molar-refractivity contribution in [1.29, 1.82) is 0 Å². The maximum absolute atomic E-state index is 11.4. The van der Waals surface area contributed by atoms with Gasteiger partial charge in [0, 0.05) is 12.0 Å². The molecule has 0 atom stereocenters. The zero-order chi connectivity index (χ0) is 12.8. The standard InChI is InChI=1S/C11H14N4O2S/c12-9-5-8-11(14-6-13-8)10(15-9)7-1-3-18(16,17)4-2-7/h5-7H,1-4H2,(H2,12,15)(H,13,14). The third kappa shape index (κ3) is 1.94. The lowest BCUT2D eigenvalue weighted by atomic mass is 9.97. The molecule has 1 aliphatic heterocycles. The predicted octanol–water partition coefficient (Wildman–Crippen LogP) is 0.832. The lowest BCUT2D eigenvalue weighted by Gasteiger charge is -2.21. The summed E-state index contributed by atoms with van der Waals surface area (Å²) in [6.45, 7) is 0. The average Bonchev–Trinajstić information content (AvgIpc) is 2.76. The monoisotopic (exact) mass is 266 g/mol. The first-order valence-electron chi connectivity index (χ1n) is 5.85. The van der Waals surface area contributed by atoms with Crippen LogP contribution in [0.25, 0.3) is 11.0 Å². The van der Waals surface area contributed by atoms with Crippen molar-refractivity contribution >= 4 is 26.7 Å². The van der Waals surface area contributed by atoms with Gasteiger partial charge in [0.25, 0.3) is 0 Å². The van der Waals surface area contributed by atoms with Crippen molar-refractivity contribution in [2.45, 2.75) is 18.8 Å². The van der Waals surface area contributed by atoms with E-state index >= 15 is 0 Å². The Labute approximate surface area is 105 Å². The summed E-state index contributed by atoms with van der Waals surface area (Å²) in [6, 6.07) is 1.74. The van der Waals surface area contributed by atoms with Gasteiger partial charge in [-0.2, -0.15) is 0 Å². The summed E-state index contributed by atoms with van der Waals surface area (Å²) in [5.74, 6) is 1.01. The molecule has 0 aromatic carbocycles. The van der Waals surface area contributed by atoms with E-state index in [4.69, 9.17) is 5.73 Å². The fraction of sp³-hybridized carbons (Fsp3) is 0.455. The summed E-state index contributed by atoms with van der Waals surface area (Å²) in [6.07, 6.45) is 2.80. The SMILES string of the molecule is Nc1cc2[nH]cnc2c(C2CCS(=O)(=O)CC2)n1. The van der Waals surface area contributed by atoms with Crippen LogP contribution in [0.1, 0.15) is 24.5 Å². The summed E-state index contributed by atoms with van der Waals surface area (Å²) in [4.78, 5) is 11.6. The van der Waals surface area contributed by atoms with Gasteiger partial charge in [0.15, 0.2) is 0 Å². The van der Waals surface area contributed by atoms with Crippen LogP contribution in [0.2, 0.25) is 0 Å². The Balaban J connectivity index is 2.02. The van der Waals surface area contributed by atoms with Gasteiger partial charge in [-0.3, -0.25) is 0 Å². The van der Waals surface area contributed by atoms with Crippen LogP contribution in [0.3, 0.4) is 0 Å². The lowest BCUT2D eigenvalue weighted by Crippen LogP contribution is -2.23. The van der Waals surface area contributed by atoms with Crippen LogP contribution in [0, 0.1) is 0 Å². The highest BCUT2D eigenvalue weighted by Gasteiger charge is 2.27. The smallest absolute Gasteiger partial charge is 0.150 e. The number of hydrogen-bond acceptors (Lipinski definition) is 5. The first-order valence-corrected chi connectivity index (χ1v) is 7.67. The van der Waals surface area contributed by atoms with Gasteiger partial charge in [0.05, 0.1) is 29.0 Å². The minimum atomic E-state index is -2.86. The number of anilines is 1. The van der Waals surface area contributed by atoms with Gasteiger partial charge in [-0.05, 0) is 12.8 Å². The molecule has 1 aliphatic rings. The number of nitrogens with two attached hydrogens (primary N) is 1. The molecular formula is C11H14N4O2S. The molecule has 3 rings (SSSR count). The molecule has 7 heteroatoms. The summed E-state index contributed by atoms with van der Waals surface area (Å²) in [5.41, 5.74) is 8.24. The van der Waals surface area contributed by atoms with E-state index in [-0.39, 0.29) is 17.4 Å². The number of nitrogen functional groups attached to an aromatic ring is 1. The molecular weight excluding hydrogens is 252 g/mol. The van der Waals surface area contributed by atoms with Crippen LogP contribution < -0.4 is 5.73 Å². The van der Waals surface area contributed by atoms with Gasteiger partial charge in [-0.15, -0.1) is 0 Å². The van der Waals surface area contributed by atoms with Crippen molar-refractivity contribution in [3.63, 3.8) is 0 Å². The van der Waals surface area contributed by atoms with Crippen LogP contribution in [0.15, 0.2) is 12.4 Å². The summed E-state index contributed by atoms with van der Waals surface area (Å²) in [7, 11) is -2.86. The van der Waals surface area contributed by atoms with E-state index in [0.29, 0.717) is 18.7 Å². The van der Waals surface area contributed by atoms with Gasteiger partial charge >= 0.3 is 0 Å². The molecule has 1 saturated heterocycles. The van der Waals surface area contributed by atoms with Crippen molar-refractivity contribution in [3.8, 4) is 0 Å². The average molecular weight is 266 g/mol. The van der Waals surface area contributed by atoms with Gasteiger partial charge < -0.3 is 10.7 Å². The highest BCUT2D eigenvalue weighted by Crippen LogP contribution is 2.32. The Hall–Kier alpha value is -1.63. The highest BCUT2D eigenvalue weighted by atomic mass is 32.2. The van der Waals surface area contributed by atoms with E-state index in [1.165, 1.54) is 0 Å². The molecule has 0 bridgehead atoms. The molecule has 0 spiro atoms. The largest absolute Gasteiger partial charge is 0.384 e. The molecule has 96 valence electrons. The number of H-pyrrole nitrogens is 1. The second kappa shape index (κ2) is 3.94. The van der Waals surface area contributed by atoms with Crippen molar-refractivity contribution in [3.05, 3.63) is 18.1 Å². The van der Waals surface area contributed by atoms with Crippen LogP contribution in [-0.4, -0.2) is 34.9 Å². The fourth-order valence-corrected chi connectivity index (χ4v) is 3.93. The van der Waals surface area contributed by atoms with Crippen molar-refractivity contribution in [1.82, 2.24) is 15.0 Å². The number of aromatic nitrogens is 3. The number of imidazole rings is 1. The van der Waals surface area contributed by atoms with Crippen molar-refractivity contribution in [2.75, 3.05) is 17.2 Å². The number of sulfone groups is 1. The number of nitrogens with zero attached hydrogens (tertiary/aromatic N) is 2. The molecule has 1 fully saturated rings. The van der Waals surface area contributed by atoms with E-state index in [0.717, 1.165) is 16.7 Å². The van der Waals surface area contributed by atoms with Gasteiger partial charge in [0.1, 0.15) is 21.2 Å². The van der Waals surface area contributed by atoms with Crippen molar-refractivity contribution in [2.24, 2.45) is 0 Å². The van der Waals surface area contributed by atoms with Gasteiger partial charge in [0.2, 0.25) is 0 Å². The van der Waals surface area contributed by atoms with E-state index in [9.17, 15) is 8.42 Å². The highest BCUT2D eigenvalue weighted by molar-refractivity contribution is 7.91. The minimum Gasteiger partial charge on any atom is -0.384 e. The first-order chi connectivity index (χ1) is 8.55. The van der Waals surface area contributed by atoms with E-state index < -0.39 is 9.84 Å². The first kappa shape index (κ1) is 11.5. The normalized spacial score (nSPS) is 20.2. The summed E-state index contributed by atoms with van der Waals surface area (Å²) < 4.78 is 22.9. The third-order valence-electron chi connectivity index (χ3n) is 3.39. The predicted molar refractivity (Wildman–Crippen MR) is 68.9 cm³/mol. The topological polar surface area (TPSA) is 102 Å². The van der Waals surface area contributed by atoms with Crippen molar-refractivity contribution < 1.29 is 8.42 Å².